The van der Waals surface area contributed by atoms with Crippen LogP contribution in [0.15, 0.2) is 47.4 Å². The second-order valence-electron chi connectivity index (χ2n) is 5.08. The van der Waals surface area contributed by atoms with Crippen molar-refractivity contribution in [1.82, 2.24) is 0 Å². The van der Waals surface area contributed by atoms with E-state index in [2.05, 4.69) is 0 Å². The van der Waals surface area contributed by atoms with Gasteiger partial charge in [0.1, 0.15) is 5.82 Å². The molecule has 0 saturated heterocycles. The van der Waals surface area contributed by atoms with Crippen molar-refractivity contribution in [3.8, 4) is 0 Å². The minimum absolute atomic E-state index is 0.287. The van der Waals surface area contributed by atoms with E-state index < -0.39 is 9.84 Å². The van der Waals surface area contributed by atoms with E-state index in [9.17, 15) is 12.8 Å². The average Bonchev–Trinajstić information content (AvgIpc) is 2.87. The molecule has 0 aliphatic heterocycles. The fourth-order valence-electron chi connectivity index (χ4n) is 2.28. The maximum Gasteiger partial charge on any atom is 0.175 e. The zero-order valence-corrected chi connectivity index (χ0v) is 14.0. The SMILES string of the molecule is CS(=O)(=O)c1cccc(Cc2cc3c(F)ccc(Cl)c3s2)c1. The van der Waals surface area contributed by atoms with E-state index >= 15 is 0 Å². The molecule has 22 heavy (non-hydrogen) atoms. The van der Waals surface area contributed by atoms with Crippen LogP contribution in [0.2, 0.25) is 5.02 Å². The van der Waals surface area contributed by atoms with E-state index in [4.69, 9.17) is 11.6 Å². The third kappa shape index (κ3) is 3.02. The second kappa shape index (κ2) is 5.65. The Kier molecular flexibility index (Phi) is 3.97. The van der Waals surface area contributed by atoms with Gasteiger partial charge >= 0.3 is 0 Å². The third-order valence-electron chi connectivity index (χ3n) is 3.34. The lowest BCUT2D eigenvalue weighted by molar-refractivity contribution is 0.601. The minimum Gasteiger partial charge on any atom is -0.224 e. The third-order valence-corrected chi connectivity index (χ3v) is 6.04. The summed E-state index contributed by atoms with van der Waals surface area (Å²) < 4.78 is 37.7. The molecule has 0 spiro atoms. The monoisotopic (exact) mass is 354 g/mol. The zero-order chi connectivity index (χ0) is 15.9. The van der Waals surface area contributed by atoms with Crippen LogP contribution in [0.1, 0.15) is 10.4 Å². The van der Waals surface area contributed by atoms with Crippen LogP contribution in [-0.2, 0) is 16.3 Å². The van der Waals surface area contributed by atoms with Crippen molar-refractivity contribution in [2.75, 3.05) is 6.26 Å². The summed E-state index contributed by atoms with van der Waals surface area (Å²) in [6.07, 6.45) is 1.72. The summed E-state index contributed by atoms with van der Waals surface area (Å²) in [5.74, 6) is -0.299. The van der Waals surface area contributed by atoms with E-state index in [1.807, 2.05) is 6.07 Å². The molecule has 0 amide bonds. The van der Waals surface area contributed by atoms with Crippen molar-refractivity contribution in [3.63, 3.8) is 0 Å². The Balaban J connectivity index is 2.00. The summed E-state index contributed by atoms with van der Waals surface area (Å²) in [4.78, 5) is 1.22. The molecule has 0 unspecified atom stereocenters. The maximum atomic E-state index is 13.8. The summed E-state index contributed by atoms with van der Waals surface area (Å²) in [7, 11) is -3.23. The van der Waals surface area contributed by atoms with Crippen molar-refractivity contribution in [1.29, 1.82) is 0 Å². The highest BCUT2D eigenvalue weighted by Crippen LogP contribution is 2.34. The lowest BCUT2D eigenvalue weighted by Crippen LogP contribution is -1.98. The molecule has 0 aliphatic rings. The number of hydrogen-bond donors (Lipinski definition) is 0. The fraction of sp³-hybridized carbons (Fsp3) is 0.125. The molecular formula is C16H12ClFO2S2. The van der Waals surface area contributed by atoms with Gasteiger partial charge in [-0.15, -0.1) is 11.3 Å². The first-order valence-electron chi connectivity index (χ1n) is 6.50. The van der Waals surface area contributed by atoms with Gasteiger partial charge in [-0.05, 0) is 35.9 Å². The smallest absolute Gasteiger partial charge is 0.175 e. The van der Waals surface area contributed by atoms with Crippen LogP contribution in [0.3, 0.4) is 0 Å². The Morgan fingerprint density at radius 1 is 1.18 bits per heavy atom. The first-order chi connectivity index (χ1) is 10.3. The largest absolute Gasteiger partial charge is 0.224 e. The molecule has 0 N–H and O–H groups in total. The van der Waals surface area contributed by atoms with Gasteiger partial charge in [0, 0.05) is 22.9 Å². The molecule has 0 saturated carbocycles. The quantitative estimate of drug-likeness (QED) is 0.683. The fourth-order valence-corrected chi connectivity index (χ4v) is 4.36. The van der Waals surface area contributed by atoms with Gasteiger partial charge in [-0.3, -0.25) is 0 Å². The van der Waals surface area contributed by atoms with Crippen LogP contribution in [0.5, 0.6) is 0 Å². The van der Waals surface area contributed by atoms with Crippen LogP contribution < -0.4 is 0 Å². The molecule has 0 bridgehead atoms. The van der Waals surface area contributed by atoms with Crippen LogP contribution in [0, 0.1) is 5.82 Å². The van der Waals surface area contributed by atoms with Gasteiger partial charge in [0.2, 0.25) is 0 Å². The Morgan fingerprint density at radius 2 is 1.95 bits per heavy atom. The van der Waals surface area contributed by atoms with Gasteiger partial charge < -0.3 is 0 Å². The van der Waals surface area contributed by atoms with Gasteiger partial charge in [-0.25, -0.2) is 12.8 Å². The number of hydrogen-bond acceptors (Lipinski definition) is 3. The molecule has 3 rings (SSSR count). The van der Waals surface area contributed by atoms with Crippen molar-refractivity contribution in [2.24, 2.45) is 0 Å². The summed E-state index contributed by atoms with van der Waals surface area (Å²) in [5, 5.41) is 1.03. The maximum absolute atomic E-state index is 13.8. The molecule has 0 radical (unpaired) electrons. The van der Waals surface area contributed by atoms with E-state index in [1.165, 1.54) is 23.7 Å². The number of sulfone groups is 1. The van der Waals surface area contributed by atoms with Gasteiger partial charge in [-0.2, -0.15) is 0 Å². The summed E-state index contributed by atoms with van der Waals surface area (Å²) in [6.45, 7) is 0. The molecule has 1 aromatic heterocycles. The lowest BCUT2D eigenvalue weighted by Gasteiger charge is -2.02. The van der Waals surface area contributed by atoms with Crippen molar-refractivity contribution in [3.05, 3.63) is 63.7 Å². The molecule has 0 atom stereocenters. The number of halogens is 2. The second-order valence-corrected chi connectivity index (χ2v) is 8.64. The van der Waals surface area contributed by atoms with Gasteiger partial charge in [-0.1, -0.05) is 23.7 Å². The molecular weight excluding hydrogens is 343 g/mol. The minimum atomic E-state index is -3.23. The Labute approximate surface area is 137 Å². The molecule has 3 aromatic rings. The number of thiophene rings is 1. The van der Waals surface area contributed by atoms with Gasteiger partial charge in [0.15, 0.2) is 9.84 Å². The van der Waals surface area contributed by atoms with E-state index in [1.54, 1.807) is 30.3 Å². The molecule has 1 heterocycles. The molecule has 2 aromatic carbocycles. The highest BCUT2D eigenvalue weighted by atomic mass is 35.5. The van der Waals surface area contributed by atoms with Crippen LogP contribution >= 0.6 is 22.9 Å². The molecule has 0 aliphatic carbocycles. The lowest BCUT2D eigenvalue weighted by atomic mass is 10.1. The van der Waals surface area contributed by atoms with Gasteiger partial charge in [0.25, 0.3) is 0 Å². The van der Waals surface area contributed by atoms with Gasteiger partial charge in [0.05, 0.1) is 14.6 Å². The Morgan fingerprint density at radius 3 is 2.64 bits per heavy atom. The topological polar surface area (TPSA) is 34.1 Å². The van der Waals surface area contributed by atoms with Crippen molar-refractivity contribution >= 4 is 42.9 Å². The molecule has 2 nitrogen and oxygen atoms in total. The highest BCUT2D eigenvalue weighted by molar-refractivity contribution is 7.90. The summed E-state index contributed by atoms with van der Waals surface area (Å²) in [5.41, 5.74) is 0.867. The van der Waals surface area contributed by atoms with E-state index in [0.717, 1.165) is 15.1 Å². The Bertz CT molecular complexity index is 922. The standard InChI is InChI=1S/C16H12ClFO2S2/c1-22(19,20)12-4-2-3-10(8-12)7-11-9-13-15(18)6-5-14(17)16(13)21-11/h2-6,8-9H,7H2,1H3. The average molecular weight is 355 g/mol. The highest BCUT2D eigenvalue weighted by Gasteiger charge is 2.12. The predicted molar refractivity (Wildman–Crippen MR) is 89.2 cm³/mol. The van der Waals surface area contributed by atoms with Crippen molar-refractivity contribution < 1.29 is 12.8 Å². The number of benzene rings is 2. The van der Waals surface area contributed by atoms with E-state index in [0.29, 0.717) is 16.8 Å². The molecule has 6 heteroatoms. The molecule has 0 fully saturated rings. The predicted octanol–water partition coefficient (Wildman–Crippen LogP) is 4.69. The number of fused-ring (bicyclic) bond motifs is 1. The Hall–Kier alpha value is -1.43. The normalized spacial score (nSPS) is 12.0. The molecule has 114 valence electrons. The van der Waals surface area contributed by atoms with Crippen LogP contribution in [-0.4, -0.2) is 14.7 Å². The summed E-state index contributed by atoms with van der Waals surface area (Å²) in [6, 6.07) is 11.5. The first-order valence-corrected chi connectivity index (χ1v) is 9.58. The van der Waals surface area contributed by atoms with Crippen LogP contribution in [0.4, 0.5) is 4.39 Å². The van der Waals surface area contributed by atoms with E-state index in [-0.39, 0.29) is 10.7 Å². The summed E-state index contributed by atoms with van der Waals surface area (Å²) >= 11 is 7.52. The number of rotatable bonds is 3. The first kappa shape index (κ1) is 15.5. The van der Waals surface area contributed by atoms with Crippen molar-refractivity contribution in [2.45, 2.75) is 11.3 Å². The zero-order valence-electron chi connectivity index (χ0n) is 11.6. The van der Waals surface area contributed by atoms with Crippen LogP contribution in [0.25, 0.3) is 10.1 Å².